The Kier molecular flexibility index (Phi) is 5.01. The molecular weight excluding hydrogens is 390 g/mol. The van der Waals surface area contributed by atoms with Crippen molar-refractivity contribution in [3.8, 4) is 0 Å². The first-order valence-corrected chi connectivity index (χ1v) is 9.40. The quantitative estimate of drug-likeness (QED) is 0.778. The van der Waals surface area contributed by atoms with E-state index in [1.54, 1.807) is 16.8 Å². The van der Waals surface area contributed by atoms with Crippen molar-refractivity contribution in [3.05, 3.63) is 39.3 Å². The number of anilines is 2. The second-order valence-corrected chi connectivity index (χ2v) is 7.52. The normalized spacial score (nSPS) is 14.3. The summed E-state index contributed by atoms with van der Waals surface area (Å²) in [4.78, 5) is 32.1. The van der Waals surface area contributed by atoms with Gasteiger partial charge in [-0.1, -0.05) is 22.0 Å². The van der Waals surface area contributed by atoms with Crippen LogP contribution in [0.2, 0.25) is 0 Å². The molecule has 24 heavy (non-hydrogen) atoms. The molecule has 0 spiro atoms. The maximum atomic E-state index is 12.5. The molecule has 1 aromatic heterocycles. The number of hydrogen-bond donors (Lipinski definition) is 0. The van der Waals surface area contributed by atoms with Gasteiger partial charge in [-0.3, -0.25) is 14.5 Å². The number of aromatic nitrogens is 1. The molecule has 1 saturated heterocycles. The van der Waals surface area contributed by atoms with Crippen molar-refractivity contribution in [1.82, 2.24) is 4.98 Å². The van der Waals surface area contributed by atoms with Crippen LogP contribution >= 0.6 is 27.3 Å². The minimum Gasteiger partial charge on any atom is -0.315 e. The lowest BCUT2D eigenvalue weighted by Crippen LogP contribution is -2.28. The molecule has 5 nitrogen and oxygen atoms in total. The molecule has 0 aliphatic carbocycles. The summed E-state index contributed by atoms with van der Waals surface area (Å²) in [5, 5.41) is 2.55. The van der Waals surface area contributed by atoms with E-state index in [-0.39, 0.29) is 18.2 Å². The van der Waals surface area contributed by atoms with Crippen LogP contribution in [-0.2, 0) is 16.0 Å². The van der Waals surface area contributed by atoms with Crippen molar-refractivity contribution in [2.75, 3.05) is 23.4 Å². The maximum Gasteiger partial charge on any atom is 0.232 e. The first-order valence-electron chi connectivity index (χ1n) is 7.73. The van der Waals surface area contributed by atoms with E-state index in [2.05, 4.69) is 20.9 Å². The van der Waals surface area contributed by atoms with E-state index in [1.165, 1.54) is 11.3 Å². The Balaban J connectivity index is 1.69. The molecule has 126 valence electrons. The number of likely N-dealkylation sites (N-methyl/N-ethyl adjacent to an activating group) is 1. The molecule has 7 heteroatoms. The molecule has 1 fully saturated rings. The fourth-order valence-electron chi connectivity index (χ4n) is 2.56. The van der Waals surface area contributed by atoms with Gasteiger partial charge in [-0.15, -0.1) is 11.3 Å². The lowest BCUT2D eigenvalue weighted by atomic mass is 10.2. The predicted molar refractivity (Wildman–Crippen MR) is 99.7 cm³/mol. The first kappa shape index (κ1) is 17.1. The van der Waals surface area contributed by atoms with Gasteiger partial charge in [0.2, 0.25) is 11.8 Å². The minimum atomic E-state index is -0.0321. The summed E-state index contributed by atoms with van der Waals surface area (Å²) in [5.74, 6) is 0.0826. The summed E-state index contributed by atoms with van der Waals surface area (Å²) in [6.07, 6.45) is 1.68. The van der Waals surface area contributed by atoms with Gasteiger partial charge in [0.05, 0.1) is 12.1 Å². The topological polar surface area (TPSA) is 53.5 Å². The molecule has 0 radical (unpaired) electrons. The van der Waals surface area contributed by atoms with Crippen LogP contribution < -0.4 is 9.80 Å². The Morgan fingerprint density at radius 1 is 1.46 bits per heavy atom. The monoisotopic (exact) mass is 407 g/mol. The van der Waals surface area contributed by atoms with Crippen molar-refractivity contribution in [3.63, 3.8) is 0 Å². The third kappa shape index (κ3) is 3.52. The molecule has 1 aliphatic rings. The van der Waals surface area contributed by atoms with E-state index in [0.29, 0.717) is 17.2 Å². The number of hydrogen-bond acceptors (Lipinski definition) is 4. The smallest absolute Gasteiger partial charge is 0.232 e. The van der Waals surface area contributed by atoms with Crippen LogP contribution in [-0.4, -0.2) is 30.4 Å². The van der Waals surface area contributed by atoms with Crippen LogP contribution in [0.4, 0.5) is 10.8 Å². The number of rotatable bonds is 4. The molecule has 2 aromatic rings. The largest absolute Gasteiger partial charge is 0.315 e. The number of carbonyl (C=O) groups is 2. The van der Waals surface area contributed by atoms with Crippen molar-refractivity contribution in [1.29, 1.82) is 0 Å². The average Bonchev–Trinajstić information content (AvgIpc) is 3.18. The molecule has 0 N–H and O–H groups in total. The highest BCUT2D eigenvalue weighted by molar-refractivity contribution is 9.10. The molecule has 1 aromatic carbocycles. The van der Waals surface area contributed by atoms with Crippen LogP contribution in [0.1, 0.15) is 24.1 Å². The highest BCUT2D eigenvalue weighted by atomic mass is 79.9. The lowest BCUT2D eigenvalue weighted by Gasteiger charge is -2.17. The van der Waals surface area contributed by atoms with E-state index in [4.69, 9.17) is 0 Å². The Morgan fingerprint density at radius 3 is 2.92 bits per heavy atom. The van der Waals surface area contributed by atoms with Gasteiger partial charge in [0.1, 0.15) is 0 Å². The fraction of sp³-hybridized carbons (Fsp3) is 0.353. The van der Waals surface area contributed by atoms with Crippen molar-refractivity contribution < 1.29 is 9.59 Å². The number of amides is 2. The maximum absolute atomic E-state index is 12.5. The van der Waals surface area contributed by atoms with E-state index in [1.807, 2.05) is 30.5 Å². The zero-order valence-electron chi connectivity index (χ0n) is 13.6. The zero-order valence-corrected chi connectivity index (χ0v) is 16.0. The summed E-state index contributed by atoms with van der Waals surface area (Å²) in [6.45, 7) is 2.73. The van der Waals surface area contributed by atoms with E-state index < -0.39 is 0 Å². The van der Waals surface area contributed by atoms with E-state index in [9.17, 15) is 9.59 Å². The molecule has 0 unspecified atom stereocenters. The average molecular weight is 408 g/mol. The van der Waals surface area contributed by atoms with Gasteiger partial charge in [0.25, 0.3) is 0 Å². The number of benzene rings is 1. The second kappa shape index (κ2) is 7.03. The Labute approximate surface area is 153 Å². The molecule has 0 saturated carbocycles. The molecule has 0 atom stereocenters. The van der Waals surface area contributed by atoms with Gasteiger partial charge < -0.3 is 4.90 Å². The predicted octanol–water partition coefficient (Wildman–Crippen LogP) is 3.55. The highest BCUT2D eigenvalue weighted by Crippen LogP contribution is 2.26. The van der Waals surface area contributed by atoms with Crippen molar-refractivity contribution >= 4 is 49.9 Å². The SMILES string of the molecule is Cc1ccc(N(C)C(=O)Cc2csc(N3CCCC3=O)n2)cc1Br. The lowest BCUT2D eigenvalue weighted by molar-refractivity contribution is -0.118. The van der Waals surface area contributed by atoms with Crippen LogP contribution in [0.5, 0.6) is 0 Å². The molecule has 0 bridgehead atoms. The summed E-state index contributed by atoms with van der Waals surface area (Å²) >= 11 is 4.91. The number of halogens is 1. The summed E-state index contributed by atoms with van der Waals surface area (Å²) in [5.41, 5.74) is 2.67. The van der Waals surface area contributed by atoms with Gasteiger partial charge in [-0.2, -0.15) is 0 Å². The number of aryl methyl sites for hydroxylation is 1. The fourth-order valence-corrected chi connectivity index (χ4v) is 3.79. The first-order chi connectivity index (χ1) is 11.5. The van der Waals surface area contributed by atoms with Crippen molar-refractivity contribution in [2.24, 2.45) is 0 Å². The molecular formula is C17H18BrN3O2S. The van der Waals surface area contributed by atoms with Crippen LogP contribution in [0.15, 0.2) is 28.1 Å². The standard InChI is InChI=1S/C17H18BrN3O2S/c1-11-5-6-13(9-14(11)18)20(2)16(23)8-12-10-24-17(19-12)21-7-3-4-15(21)22/h5-6,9-10H,3-4,7-8H2,1-2H3. The Morgan fingerprint density at radius 2 is 2.25 bits per heavy atom. The minimum absolute atomic E-state index is 0.0321. The van der Waals surface area contributed by atoms with Gasteiger partial charge in [-0.25, -0.2) is 4.98 Å². The zero-order chi connectivity index (χ0) is 17.3. The van der Waals surface area contributed by atoms with Gasteiger partial charge in [0, 0.05) is 35.6 Å². The van der Waals surface area contributed by atoms with E-state index >= 15 is 0 Å². The van der Waals surface area contributed by atoms with Crippen LogP contribution in [0.3, 0.4) is 0 Å². The van der Waals surface area contributed by atoms with Gasteiger partial charge in [0.15, 0.2) is 5.13 Å². The Bertz CT molecular complexity index is 790. The summed E-state index contributed by atoms with van der Waals surface area (Å²) in [6, 6.07) is 5.83. The van der Waals surface area contributed by atoms with Gasteiger partial charge in [-0.05, 0) is 31.0 Å². The third-order valence-electron chi connectivity index (χ3n) is 4.09. The van der Waals surface area contributed by atoms with Gasteiger partial charge >= 0.3 is 0 Å². The molecule has 2 heterocycles. The summed E-state index contributed by atoms with van der Waals surface area (Å²) < 4.78 is 0.975. The summed E-state index contributed by atoms with van der Waals surface area (Å²) in [7, 11) is 1.76. The van der Waals surface area contributed by atoms with Crippen LogP contribution in [0.25, 0.3) is 0 Å². The Hall–Kier alpha value is -1.73. The highest BCUT2D eigenvalue weighted by Gasteiger charge is 2.24. The number of thiazole rings is 1. The second-order valence-electron chi connectivity index (χ2n) is 5.83. The van der Waals surface area contributed by atoms with E-state index in [0.717, 1.165) is 28.7 Å². The van der Waals surface area contributed by atoms with Crippen LogP contribution in [0, 0.1) is 6.92 Å². The molecule has 2 amide bonds. The molecule has 3 rings (SSSR count). The number of carbonyl (C=O) groups excluding carboxylic acids is 2. The molecule has 1 aliphatic heterocycles. The third-order valence-corrected chi connectivity index (χ3v) is 5.86. The van der Waals surface area contributed by atoms with Crippen molar-refractivity contribution in [2.45, 2.75) is 26.2 Å². The number of nitrogens with zero attached hydrogens (tertiary/aromatic N) is 3.